The van der Waals surface area contributed by atoms with Crippen LogP contribution >= 0.6 is 0 Å². The van der Waals surface area contributed by atoms with Crippen LogP contribution in [-0.2, 0) is 9.59 Å². The van der Waals surface area contributed by atoms with E-state index in [2.05, 4.69) is 10.6 Å². The van der Waals surface area contributed by atoms with Crippen molar-refractivity contribution in [2.75, 3.05) is 20.1 Å². The molecule has 0 atom stereocenters. The van der Waals surface area contributed by atoms with Crippen molar-refractivity contribution in [3.05, 3.63) is 0 Å². The first-order valence-electron chi connectivity index (χ1n) is 4.13. The van der Waals surface area contributed by atoms with Gasteiger partial charge >= 0.3 is 0 Å². The molecule has 13 heavy (non-hydrogen) atoms. The van der Waals surface area contributed by atoms with Crippen molar-refractivity contribution in [3.8, 4) is 0 Å². The number of nitrogens with one attached hydrogen (secondary N) is 2. The first kappa shape index (κ1) is 11.9. The monoisotopic (exact) mass is 187 g/mol. The molecule has 0 saturated heterocycles. The lowest BCUT2D eigenvalue weighted by atomic mass is 9.92. The van der Waals surface area contributed by atoms with Crippen LogP contribution in [0.4, 0.5) is 0 Å². The molecule has 0 aliphatic rings. The molecule has 0 bridgehead atoms. The van der Waals surface area contributed by atoms with Gasteiger partial charge in [-0.3, -0.25) is 9.59 Å². The second-order valence-corrected chi connectivity index (χ2v) is 3.44. The molecule has 0 aromatic heterocycles. The maximum atomic E-state index is 11.2. The molecule has 0 fully saturated rings. The van der Waals surface area contributed by atoms with Gasteiger partial charge in [-0.1, -0.05) is 0 Å². The van der Waals surface area contributed by atoms with Crippen molar-refractivity contribution >= 4 is 11.8 Å². The van der Waals surface area contributed by atoms with E-state index in [4.69, 9.17) is 5.73 Å². The molecular formula is C8H17N3O2. The van der Waals surface area contributed by atoms with E-state index >= 15 is 0 Å². The fourth-order valence-corrected chi connectivity index (χ4v) is 0.810. The van der Waals surface area contributed by atoms with Crippen molar-refractivity contribution in [1.82, 2.24) is 10.6 Å². The minimum absolute atomic E-state index is 0.0518. The van der Waals surface area contributed by atoms with Crippen LogP contribution in [0.1, 0.15) is 13.8 Å². The number of rotatable bonds is 4. The van der Waals surface area contributed by atoms with E-state index in [1.165, 1.54) is 0 Å². The van der Waals surface area contributed by atoms with Crippen LogP contribution in [0.3, 0.4) is 0 Å². The van der Waals surface area contributed by atoms with Gasteiger partial charge in [0.05, 0.1) is 12.0 Å². The zero-order valence-corrected chi connectivity index (χ0v) is 8.31. The van der Waals surface area contributed by atoms with Crippen LogP contribution < -0.4 is 16.4 Å². The summed E-state index contributed by atoms with van der Waals surface area (Å²) in [4.78, 5) is 22.0. The predicted octanol–water partition coefficient (Wildman–Crippen LogP) is -1.17. The molecule has 0 heterocycles. The van der Waals surface area contributed by atoms with Crippen LogP contribution in [0.2, 0.25) is 0 Å². The highest BCUT2D eigenvalue weighted by molar-refractivity contribution is 5.83. The molecule has 76 valence electrons. The Hall–Kier alpha value is -1.10. The number of carbonyl (C=O) groups is 2. The number of carbonyl (C=O) groups excluding carboxylic acids is 2. The highest BCUT2D eigenvalue weighted by Crippen LogP contribution is 2.12. The van der Waals surface area contributed by atoms with Gasteiger partial charge in [0, 0.05) is 13.6 Å². The van der Waals surface area contributed by atoms with Gasteiger partial charge < -0.3 is 16.4 Å². The van der Waals surface area contributed by atoms with Gasteiger partial charge in [-0.15, -0.1) is 0 Å². The first-order valence-corrected chi connectivity index (χ1v) is 4.13. The van der Waals surface area contributed by atoms with E-state index in [-0.39, 0.29) is 18.4 Å². The highest BCUT2D eigenvalue weighted by atomic mass is 16.2. The Bertz CT molecular complexity index is 202. The molecular weight excluding hydrogens is 170 g/mol. The van der Waals surface area contributed by atoms with Gasteiger partial charge in [0.25, 0.3) is 0 Å². The molecule has 0 spiro atoms. The maximum absolute atomic E-state index is 11.2. The summed E-state index contributed by atoms with van der Waals surface area (Å²) in [5.41, 5.74) is 4.50. The molecule has 2 amide bonds. The number of hydrogen-bond donors (Lipinski definition) is 3. The van der Waals surface area contributed by atoms with E-state index in [0.29, 0.717) is 6.54 Å². The van der Waals surface area contributed by atoms with Gasteiger partial charge in [0.2, 0.25) is 11.8 Å². The average molecular weight is 187 g/mol. The van der Waals surface area contributed by atoms with Gasteiger partial charge in [-0.2, -0.15) is 0 Å². The van der Waals surface area contributed by atoms with E-state index < -0.39 is 5.41 Å². The van der Waals surface area contributed by atoms with Crippen LogP contribution in [-0.4, -0.2) is 32.0 Å². The second-order valence-electron chi connectivity index (χ2n) is 3.44. The molecule has 0 radical (unpaired) electrons. The summed E-state index contributed by atoms with van der Waals surface area (Å²) in [5, 5.41) is 5.09. The van der Waals surface area contributed by atoms with Crippen LogP contribution in [0, 0.1) is 5.41 Å². The van der Waals surface area contributed by atoms with E-state index in [9.17, 15) is 9.59 Å². The van der Waals surface area contributed by atoms with Crippen molar-refractivity contribution < 1.29 is 9.59 Å². The van der Waals surface area contributed by atoms with Gasteiger partial charge in [0.1, 0.15) is 0 Å². The minimum Gasteiger partial charge on any atom is -0.359 e. The smallest absolute Gasteiger partial charge is 0.233 e. The van der Waals surface area contributed by atoms with Gasteiger partial charge in [-0.05, 0) is 13.8 Å². The summed E-state index contributed by atoms with van der Waals surface area (Å²) >= 11 is 0. The van der Waals surface area contributed by atoms with Crippen molar-refractivity contribution in [2.24, 2.45) is 11.1 Å². The Morgan fingerprint density at radius 3 is 2.31 bits per heavy atom. The van der Waals surface area contributed by atoms with Crippen LogP contribution in [0.15, 0.2) is 0 Å². The molecule has 0 aliphatic heterocycles. The Labute approximate surface area is 78.1 Å². The lowest BCUT2D eigenvalue weighted by molar-refractivity contribution is -0.129. The summed E-state index contributed by atoms with van der Waals surface area (Å²) in [7, 11) is 1.56. The predicted molar refractivity (Wildman–Crippen MR) is 49.9 cm³/mol. The molecule has 0 aromatic carbocycles. The number of nitrogens with two attached hydrogens (primary N) is 1. The van der Waals surface area contributed by atoms with Crippen LogP contribution in [0.5, 0.6) is 0 Å². The van der Waals surface area contributed by atoms with Gasteiger partial charge in [0.15, 0.2) is 0 Å². The summed E-state index contributed by atoms with van der Waals surface area (Å²) in [6.45, 7) is 3.75. The molecule has 0 saturated carbocycles. The average Bonchev–Trinajstić information content (AvgIpc) is 2.12. The molecule has 5 nitrogen and oxygen atoms in total. The van der Waals surface area contributed by atoms with E-state index in [0.717, 1.165) is 0 Å². The summed E-state index contributed by atoms with van der Waals surface area (Å²) in [5.74, 6) is -0.359. The topological polar surface area (TPSA) is 84.2 Å². The molecule has 0 aliphatic carbocycles. The Balaban J connectivity index is 4.03. The second kappa shape index (κ2) is 4.81. The minimum atomic E-state index is -0.598. The largest absolute Gasteiger partial charge is 0.359 e. The normalized spacial score (nSPS) is 10.8. The third kappa shape index (κ3) is 3.89. The van der Waals surface area contributed by atoms with Crippen molar-refractivity contribution in [1.29, 1.82) is 0 Å². The lowest BCUT2D eigenvalue weighted by Gasteiger charge is -2.22. The molecule has 0 aromatic rings. The zero-order valence-electron chi connectivity index (χ0n) is 8.31. The van der Waals surface area contributed by atoms with Gasteiger partial charge in [-0.25, -0.2) is 0 Å². The first-order chi connectivity index (χ1) is 5.94. The quantitative estimate of drug-likeness (QED) is 0.518. The Kier molecular flexibility index (Phi) is 4.40. The highest BCUT2D eigenvalue weighted by Gasteiger charge is 2.26. The van der Waals surface area contributed by atoms with E-state index in [1.807, 2.05) is 0 Å². The number of hydrogen-bond acceptors (Lipinski definition) is 3. The lowest BCUT2D eigenvalue weighted by Crippen LogP contribution is -2.45. The molecule has 0 rings (SSSR count). The van der Waals surface area contributed by atoms with Crippen molar-refractivity contribution in [2.45, 2.75) is 13.8 Å². The Morgan fingerprint density at radius 1 is 1.38 bits per heavy atom. The molecule has 5 heteroatoms. The molecule has 0 unspecified atom stereocenters. The summed E-state index contributed by atoms with van der Waals surface area (Å²) < 4.78 is 0. The third-order valence-electron chi connectivity index (χ3n) is 1.75. The maximum Gasteiger partial charge on any atom is 0.233 e. The SMILES string of the molecule is CNC(=O)C(C)(C)CNC(=O)CN. The number of amides is 2. The van der Waals surface area contributed by atoms with Crippen LogP contribution in [0.25, 0.3) is 0 Å². The molecule has 4 N–H and O–H groups in total. The zero-order chi connectivity index (χ0) is 10.5. The fourth-order valence-electron chi connectivity index (χ4n) is 0.810. The van der Waals surface area contributed by atoms with E-state index in [1.54, 1.807) is 20.9 Å². The summed E-state index contributed by atoms with van der Waals surface area (Å²) in [6, 6.07) is 0. The summed E-state index contributed by atoms with van der Waals surface area (Å²) in [6.07, 6.45) is 0. The standard InChI is InChI=1S/C8H17N3O2/c1-8(2,7(13)10-3)5-11-6(12)4-9/h4-5,9H2,1-3H3,(H,10,13)(H,11,12). The van der Waals surface area contributed by atoms with Crippen molar-refractivity contribution in [3.63, 3.8) is 0 Å². The Morgan fingerprint density at radius 2 is 1.92 bits per heavy atom. The third-order valence-corrected chi connectivity index (χ3v) is 1.75. The fraction of sp³-hybridized carbons (Fsp3) is 0.750.